The summed E-state index contributed by atoms with van der Waals surface area (Å²) in [6.45, 7) is 9.48. The fourth-order valence-electron chi connectivity index (χ4n) is 5.21. The molecule has 1 aromatic heterocycles. The van der Waals surface area contributed by atoms with Crippen LogP contribution in [-0.2, 0) is 11.3 Å². The molecular weight excluding hydrogens is 315 g/mol. The fraction of sp³-hybridized carbons (Fsp3) is 0.571. The normalized spacial score (nSPS) is 27.5. The van der Waals surface area contributed by atoms with Crippen LogP contribution >= 0.6 is 0 Å². The molecule has 2 aliphatic rings. The minimum atomic E-state index is -0.179. The fourth-order valence-corrected chi connectivity index (χ4v) is 5.21. The first-order chi connectivity index (χ1) is 12.0. The molecule has 0 N–H and O–H groups in total. The number of hydrogen-bond donors (Lipinski definition) is 0. The molecule has 134 valence electrons. The monoisotopic (exact) mass is 342 g/mol. The number of fused-ring (bicyclic) bond motifs is 2. The zero-order valence-electron chi connectivity index (χ0n) is 15.3. The van der Waals surface area contributed by atoms with Crippen LogP contribution in [-0.4, -0.2) is 35.2 Å². The summed E-state index contributed by atoms with van der Waals surface area (Å²) in [6.07, 6.45) is 4.40. The van der Waals surface area contributed by atoms with Crippen LogP contribution in [0.2, 0.25) is 0 Å². The minimum Gasteiger partial charge on any atom is -0.377 e. The van der Waals surface area contributed by atoms with E-state index < -0.39 is 0 Å². The molecule has 0 amide bonds. The van der Waals surface area contributed by atoms with Crippen LogP contribution in [0.5, 0.6) is 0 Å². The highest BCUT2D eigenvalue weighted by atomic mass is 19.1. The quantitative estimate of drug-likeness (QED) is 0.805. The summed E-state index contributed by atoms with van der Waals surface area (Å²) in [5.74, 6) is 0.427. The number of benzene rings is 1. The Balaban J connectivity index is 1.67. The van der Waals surface area contributed by atoms with E-state index in [2.05, 4.69) is 30.7 Å². The van der Waals surface area contributed by atoms with Crippen molar-refractivity contribution in [2.75, 3.05) is 13.2 Å². The van der Waals surface area contributed by atoms with Crippen LogP contribution in [0.4, 0.5) is 4.39 Å². The van der Waals surface area contributed by atoms with Gasteiger partial charge in [0, 0.05) is 42.1 Å². The number of halogens is 1. The third-order valence-electron chi connectivity index (χ3n) is 6.06. The van der Waals surface area contributed by atoms with Crippen LogP contribution < -0.4 is 0 Å². The summed E-state index contributed by atoms with van der Waals surface area (Å²) in [5.41, 5.74) is 2.05. The Morgan fingerprint density at radius 1 is 1.36 bits per heavy atom. The summed E-state index contributed by atoms with van der Waals surface area (Å²) < 4.78 is 20.1. The van der Waals surface area contributed by atoms with Gasteiger partial charge in [0.15, 0.2) is 0 Å². The molecular formula is C21H27FN2O. The maximum absolute atomic E-state index is 14.1. The number of rotatable bonds is 5. The largest absolute Gasteiger partial charge is 0.377 e. The summed E-state index contributed by atoms with van der Waals surface area (Å²) in [5, 5.41) is 0.879. The molecule has 1 aliphatic carbocycles. The topological polar surface area (TPSA) is 25.4 Å². The second-order valence-electron chi connectivity index (χ2n) is 8.12. The van der Waals surface area contributed by atoms with E-state index in [9.17, 15) is 4.39 Å². The molecule has 3 nitrogen and oxygen atoms in total. The molecule has 2 fully saturated rings. The highest BCUT2D eigenvalue weighted by molar-refractivity contribution is 5.81. The van der Waals surface area contributed by atoms with Gasteiger partial charge in [-0.3, -0.25) is 9.88 Å². The number of hydrogen-bond acceptors (Lipinski definition) is 3. The summed E-state index contributed by atoms with van der Waals surface area (Å²) in [4.78, 5) is 7.06. The van der Waals surface area contributed by atoms with E-state index in [0.717, 1.165) is 49.0 Å². The van der Waals surface area contributed by atoms with E-state index in [1.807, 2.05) is 12.1 Å². The van der Waals surface area contributed by atoms with Gasteiger partial charge in [-0.05, 0) is 43.1 Å². The predicted octanol–water partition coefficient (Wildman–Crippen LogP) is 4.40. The Bertz CT molecular complexity index is 776. The Morgan fingerprint density at radius 3 is 3.00 bits per heavy atom. The Labute approximate surface area is 149 Å². The van der Waals surface area contributed by atoms with Gasteiger partial charge in [0.2, 0.25) is 0 Å². The molecule has 1 aromatic carbocycles. The summed E-state index contributed by atoms with van der Waals surface area (Å²) in [6, 6.07) is 7.52. The average molecular weight is 342 g/mol. The molecule has 2 aromatic rings. The molecule has 1 aliphatic heterocycles. The van der Waals surface area contributed by atoms with Crippen molar-refractivity contribution in [2.24, 2.45) is 11.3 Å². The molecule has 3 atom stereocenters. The van der Waals surface area contributed by atoms with Gasteiger partial charge in [-0.2, -0.15) is 0 Å². The average Bonchev–Trinajstić information content (AvgIpc) is 3.01. The molecule has 25 heavy (non-hydrogen) atoms. The molecule has 0 bridgehead atoms. The third kappa shape index (κ3) is 2.76. The molecule has 0 radical (unpaired) electrons. The standard InChI is InChI=1S/C21H27FN2O/c1-4-9-24(19-17-7-10-25-20(17)21(19,2)3)13-15-12-16(22)11-14-6-5-8-23-18(14)15/h5-6,8,11-12,17,19-20H,4,7,9-10,13H2,1-3H3/t17-,19-,20+/m1/s1. The first-order valence-corrected chi connectivity index (χ1v) is 9.41. The molecule has 4 heteroatoms. The number of aromatic nitrogens is 1. The van der Waals surface area contributed by atoms with E-state index in [-0.39, 0.29) is 11.2 Å². The van der Waals surface area contributed by atoms with Gasteiger partial charge in [0.1, 0.15) is 5.82 Å². The van der Waals surface area contributed by atoms with E-state index in [1.165, 1.54) is 0 Å². The Morgan fingerprint density at radius 2 is 2.20 bits per heavy atom. The first kappa shape index (κ1) is 16.9. The van der Waals surface area contributed by atoms with Crippen LogP contribution in [0.1, 0.15) is 39.2 Å². The molecule has 1 saturated carbocycles. The molecule has 4 rings (SSSR count). The van der Waals surface area contributed by atoms with Gasteiger partial charge >= 0.3 is 0 Å². The van der Waals surface area contributed by atoms with Crippen LogP contribution in [0.3, 0.4) is 0 Å². The van der Waals surface area contributed by atoms with Crippen molar-refractivity contribution in [1.82, 2.24) is 9.88 Å². The van der Waals surface area contributed by atoms with Gasteiger partial charge < -0.3 is 4.74 Å². The smallest absolute Gasteiger partial charge is 0.124 e. The van der Waals surface area contributed by atoms with Gasteiger partial charge in [-0.1, -0.05) is 26.8 Å². The number of ether oxygens (including phenoxy) is 1. The van der Waals surface area contributed by atoms with E-state index in [4.69, 9.17) is 4.74 Å². The first-order valence-electron chi connectivity index (χ1n) is 9.41. The van der Waals surface area contributed by atoms with Crippen molar-refractivity contribution in [3.8, 4) is 0 Å². The summed E-state index contributed by atoms with van der Waals surface area (Å²) in [7, 11) is 0. The van der Waals surface area contributed by atoms with E-state index in [1.54, 1.807) is 18.3 Å². The Hall–Kier alpha value is -1.52. The molecule has 0 unspecified atom stereocenters. The zero-order valence-corrected chi connectivity index (χ0v) is 15.3. The van der Waals surface area contributed by atoms with Crippen LogP contribution in [0.15, 0.2) is 30.5 Å². The number of pyridine rings is 1. The zero-order chi connectivity index (χ0) is 17.6. The van der Waals surface area contributed by atoms with Gasteiger partial charge in [0.25, 0.3) is 0 Å². The molecule has 0 spiro atoms. The Kier molecular flexibility index (Phi) is 4.28. The molecule has 1 saturated heterocycles. The van der Waals surface area contributed by atoms with Crippen molar-refractivity contribution < 1.29 is 9.13 Å². The summed E-state index contributed by atoms with van der Waals surface area (Å²) >= 11 is 0. The molecule has 2 heterocycles. The number of nitrogens with zero attached hydrogens (tertiary/aromatic N) is 2. The van der Waals surface area contributed by atoms with Crippen LogP contribution in [0, 0.1) is 17.2 Å². The minimum absolute atomic E-state index is 0.146. The SMILES string of the molecule is CCCN(Cc1cc(F)cc2cccnc12)[C@@H]1[C@H]2CCO[C@@H]2C1(C)C. The lowest BCUT2D eigenvalue weighted by Gasteiger charge is -2.58. The second kappa shape index (κ2) is 6.33. The van der Waals surface area contributed by atoms with Crippen LogP contribution in [0.25, 0.3) is 10.9 Å². The van der Waals surface area contributed by atoms with Crippen molar-refractivity contribution in [2.45, 2.75) is 52.3 Å². The maximum Gasteiger partial charge on any atom is 0.124 e. The highest BCUT2D eigenvalue weighted by Crippen LogP contribution is 2.54. The van der Waals surface area contributed by atoms with Gasteiger partial charge in [-0.15, -0.1) is 0 Å². The second-order valence-corrected chi connectivity index (χ2v) is 8.12. The maximum atomic E-state index is 14.1. The van der Waals surface area contributed by atoms with Crippen molar-refractivity contribution >= 4 is 10.9 Å². The highest BCUT2D eigenvalue weighted by Gasteiger charge is 2.60. The van der Waals surface area contributed by atoms with Gasteiger partial charge in [-0.25, -0.2) is 4.39 Å². The predicted molar refractivity (Wildman–Crippen MR) is 97.8 cm³/mol. The van der Waals surface area contributed by atoms with Crippen molar-refractivity contribution in [3.63, 3.8) is 0 Å². The third-order valence-corrected chi connectivity index (χ3v) is 6.06. The van der Waals surface area contributed by atoms with E-state index >= 15 is 0 Å². The van der Waals surface area contributed by atoms with E-state index in [0.29, 0.717) is 18.1 Å². The lowest BCUT2D eigenvalue weighted by atomic mass is 9.56. The van der Waals surface area contributed by atoms with Gasteiger partial charge in [0.05, 0.1) is 11.6 Å². The van der Waals surface area contributed by atoms with Crippen molar-refractivity contribution in [1.29, 1.82) is 0 Å². The lowest BCUT2D eigenvalue weighted by Crippen LogP contribution is -2.66. The van der Waals surface area contributed by atoms with Crippen molar-refractivity contribution in [3.05, 3.63) is 41.8 Å². The lowest BCUT2D eigenvalue weighted by molar-refractivity contribution is -0.157.